The number of hydrogen-bond acceptors (Lipinski definition) is 3. The summed E-state index contributed by atoms with van der Waals surface area (Å²) in [6.45, 7) is 3.99. The summed E-state index contributed by atoms with van der Waals surface area (Å²) in [6, 6.07) is 8.01. The zero-order valence-corrected chi connectivity index (χ0v) is 16.0. The normalized spacial score (nSPS) is 19.9. The fourth-order valence-corrected chi connectivity index (χ4v) is 4.20. The Morgan fingerprint density at radius 3 is 2.65 bits per heavy atom. The Bertz CT molecular complexity index is 564. The van der Waals surface area contributed by atoms with E-state index in [1.165, 1.54) is 38.6 Å². The largest absolute Gasteiger partial charge is 0.497 e. The first kappa shape index (κ1) is 19.0. The summed E-state index contributed by atoms with van der Waals surface area (Å²) in [5, 5.41) is 6.09. The molecule has 5 nitrogen and oxygen atoms in total. The highest BCUT2D eigenvalue weighted by Crippen LogP contribution is 2.25. The van der Waals surface area contributed by atoms with Crippen molar-refractivity contribution in [3.8, 4) is 5.75 Å². The summed E-state index contributed by atoms with van der Waals surface area (Å²) in [5.74, 6) is 1.72. The third-order valence-corrected chi connectivity index (χ3v) is 5.75. The van der Waals surface area contributed by atoms with Crippen molar-refractivity contribution in [1.29, 1.82) is 0 Å². The molecule has 0 unspecified atom stereocenters. The molecule has 0 radical (unpaired) electrons. The van der Waals surface area contributed by atoms with Gasteiger partial charge in [0.05, 0.1) is 7.11 Å². The maximum absolute atomic E-state index is 12.2. The van der Waals surface area contributed by atoms with Gasteiger partial charge in [0.1, 0.15) is 5.75 Å². The van der Waals surface area contributed by atoms with Crippen LogP contribution >= 0.6 is 0 Å². The van der Waals surface area contributed by atoms with Crippen LogP contribution in [0.1, 0.15) is 50.5 Å². The first-order valence-corrected chi connectivity index (χ1v) is 10.1. The average Bonchev–Trinajstić information content (AvgIpc) is 2.69. The first-order chi connectivity index (χ1) is 12.7. The number of piperidine rings is 1. The van der Waals surface area contributed by atoms with E-state index in [1.807, 2.05) is 24.3 Å². The van der Waals surface area contributed by atoms with E-state index >= 15 is 0 Å². The quantitative estimate of drug-likeness (QED) is 0.817. The van der Waals surface area contributed by atoms with Crippen molar-refractivity contribution < 1.29 is 9.53 Å². The molecule has 0 bridgehead atoms. The number of hydrogen-bond donors (Lipinski definition) is 2. The standard InChI is InChI=1S/C21H33N3O2/c1-26-20-9-5-8-18(14-20)15-22-21(25)23-19-10-12-24(13-11-19)16-17-6-3-2-4-7-17/h5,8-9,14,17,19H,2-4,6-7,10-13,15-16H2,1H3,(H2,22,23,25). The van der Waals surface area contributed by atoms with Crippen molar-refractivity contribution in [2.24, 2.45) is 5.92 Å². The molecular formula is C21H33N3O2. The van der Waals surface area contributed by atoms with E-state index in [0.29, 0.717) is 12.6 Å². The topological polar surface area (TPSA) is 53.6 Å². The van der Waals surface area contributed by atoms with Crippen LogP contribution in [0.25, 0.3) is 0 Å². The first-order valence-electron chi connectivity index (χ1n) is 10.1. The number of benzene rings is 1. The fraction of sp³-hybridized carbons (Fsp3) is 0.667. The number of rotatable bonds is 6. The maximum Gasteiger partial charge on any atom is 0.315 e. The zero-order chi connectivity index (χ0) is 18.2. The summed E-state index contributed by atoms with van der Waals surface area (Å²) >= 11 is 0. The third kappa shape index (κ3) is 5.90. The molecule has 0 aromatic heterocycles. The molecule has 0 atom stereocenters. The lowest BCUT2D eigenvalue weighted by Crippen LogP contribution is -2.48. The summed E-state index contributed by atoms with van der Waals surface area (Å²) in [5.41, 5.74) is 1.04. The molecule has 144 valence electrons. The molecular weight excluding hydrogens is 326 g/mol. The molecule has 2 fully saturated rings. The molecule has 26 heavy (non-hydrogen) atoms. The predicted octanol–water partition coefficient (Wildman–Crippen LogP) is 3.54. The molecule has 1 heterocycles. The summed E-state index contributed by atoms with van der Waals surface area (Å²) in [6.07, 6.45) is 9.17. The number of nitrogens with one attached hydrogen (secondary N) is 2. The number of nitrogens with zero attached hydrogens (tertiary/aromatic N) is 1. The molecule has 1 aromatic carbocycles. The smallest absolute Gasteiger partial charge is 0.315 e. The van der Waals surface area contributed by atoms with E-state index in [9.17, 15) is 4.79 Å². The van der Waals surface area contributed by atoms with E-state index in [2.05, 4.69) is 15.5 Å². The number of urea groups is 1. The van der Waals surface area contributed by atoms with Crippen LogP contribution in [0.3, 0.4) is 0 Å². The monoisotopic (exact) mass is 359 g/mol. The van der Waals surface area contributed by atoms with Crippen LogP contribution in [0, 0.1) is 5.92 Å². The van der Waals surface area contributed by atoms with E-state index in [1.54, 1.807) is 7.11 Å². The Morgan fingerprint density at radius 2 is 1.92 bits per heavy atom. The van der Waals surface area contributed by atoms with Gasteiger partial charge in [-0.1, -0.05) is 31.4 Å². The van der Waals surface area contributed by atoms with E-state index in [4.69, 9.17) is 4.74 Å². The van der Waals surface area contributed by atoms with Gasteiger partial charge in [-0.3, -0.25) is 0 Å². The van der Waals surface area contributed by atoms with Gasteiger partial charge in [-0.05, 0) is 49.3 Å². The maximum atomic E-state index is 12.2. The van der Waals surface area contributed by atoms with Gasteiger partial charge < -0.3 is 20.3 Å². The Labute approximate surface area is 157 Å². The lowest BCUT2D eigenvalue weighted by atomic mass is 9.88. The predicted molar refractivity (Wildman–Crippen MR) is 104 cm³/mol. The lowest BCUT2D eigenvalue weighted by molar-refractivity contribution is 0.155. The second-order valence-electron chi connectivity index (χ2n) is 7.76. The highest BCUT2D eigenvalue weighted by molar-refractivity contribution is 5.74. The number of amides is 2. The van der Waals surface area contributed by atoms with Crippen molar-refractivity contribution in [1.82, 2.24) is 15.5 Å². The van der Waals surface area contributed by atoms with Gasteiger partial charge in [0, 0.05) is 32.2 Å². The minimum Gasteiger partial charge on any atom is -0.497 e. The highest BCUT2D eigenvalue weighted by atomic mass is 16.5. The van der Waals surface area contributed by atoms with Gasteiger partial charge in [0.25, 0.3) is 0 Å². The van der Waals surface area contributed by atoms with Crippen molar-refractivity contribution >= 4 is 6.03 Å². The third-order valence-electron chi connectivity index (χ3n) is 5.75. The van der Waals surface area contributed by atoms with Crippen molar-refractivity contribution in [3.05, 3.63) is 29.8 Å². The average molecular weight is 360 g/mol. The number of methoxy groups -OCH3 is 1. The Kier molecular flexibility index (Phi) is 7.18. The molecule has 3 rings (SSSR count). The zero-order valence-electron chi connectivity index (χ0n) is 16.0. The SMILES string of the molecule is COc1cccc(CNC(=O)NC2CCN(CC3CCCCC3)CC2)c1. The second kappa shape index (κ2) is 9.81. The number of carbonyl (C=O) groups is 1. The second-order valence-corrected chi connectivity index (χ2v) is 7.76. The molecule has 5 heteroatoms. The van der Waals surface area contributed by atoms with E-state index < -0.39 is 0 Å². The lowest BCUT2D eigenvalue weighted by Gasteiger charge is -2.35. The van der Waals surface area contributed by atoms with Gasteiger partial charge in [-0.15, -0.1) is 0 Å². The number of likely N-dealkylation sites (tertiary alicyclic amines) is 1. The minimum atomic E-state index is -0.0708. The van der Waals surface area contributed by atoms with Crippen LogP contribution in [0.15, 0.2) is 24.3 Å². The van der Waals surface area contributed by atoms with Gasteiger partial charge in [0.15, 0.2) is 0 Å². The van der Waals surface area contributed by atoms with Gasteiger partial charge >= 0.3 is 6.03 Å². The van der Waals surface area contributed by atoms with E-state index in [0.717, 1.165) is 43.2 Å². The van der Waals surface area contributed by atoms with E-state index in [-0.39, 0.29) is 6.03 Å². The molecule has 1 aromatic rings. The number of ether oxygens (including phenoxy) is 1. The van der Waals surface area contributed by atoms with Crippen LogP contribution in [0.2, 0.25) is 0 Å². The molecule has 2 amide bonds. The van der Waals surface area contributed by atoms with Crippen molar-refractivity contribution in [2.45, 2.75) is 57.5 Å². The Balaban J connectivity index is 1.33. The Hall–Kier alpha value is -1.75. The molecule has 0 spiro atoms. The molecule has 2 aliphatic rings. The molecule has 1 saturated carbocycles. The van der Waals surface area contributed by atoms with Crippen LogP contribution in [-0.2, 0) is 6.54 Å². The van der Waals surface area contributed by atoms with Crippen LogP contribution < -0.4 is 15.4 Å². The molecule has 2 N–H and O–H groups in total. The van der Waals surface area contributed by atoms with Crippen LogP contribution in [-0.4, -0.2) is 43.7 Å². The van der Waals surface area contributed by atoms with Gasteiger partial charge in [-0.2, -0.15) is 0 Å². The minimum absolute atomic E-state index is 0.0708. The van der Waals surface area contributed by atoms with Crippen LogP contribution in [0.5, 0.6) is 5.75 Å². The highest BCUT2D eigenvalue weighted by Gasteiger charge is 2.23. The van der Waals surface area contributed by atoms with Crippen molar-refractivity contribution in [3.63, 3.8) is 0 Å². The fourth-order valence-electron chi connectivity index (χ4n) is 4.20. The van der Waals surface area contributed by atoms with Gasteiger partial charge in [0.2, 0.25) is 0 Å². The van der Waals surface area contributed by atoms with Gasteiger partial charge in [-0.25, -0.2) is 4.79 Å². The summed E-state index contributed by atoms with van der Waals surface area (Å²) in [7, 11) is 1.65. The summed E-state index contributed by atoms with van der Waals surface area (Å²) < 4.78 is 5.21. The summed E-state index contributed by atoms with van der Waals surface area (Å²) in [4.78, 5) is 14.8. The Morgan fingerprint density at radius 1 is 1.15 bits per heavy atom. The van der Waals surface area contributed by atoms with Crippen molar-refractivity contribution in [2.75, 3.05) is 26.7 Å². The van der Waals surface area contributed by atoms with Crippen LogP contribution in [0.4, 0.5) is 4.79 Å². The molecule has 1 aliphatic heterocycles. The molecule has 1 saturated heterocycles. The number of carbonyl (C=O) groups excluding carboxylic acids is 1. The molecule has 1 aliphatic carbocycles.